The molecule has 2 fully saturated rings. The van der Waals surface area contributed by atoms with Crippen LogP contribution in [0.1, 0.15) is 47.8 Å². The molecular formula is C15H17Cl2N5O. The molecule has 0 unspecified atom stereocenters. The van der Waals surface area contributed by atoms with Gasteiger partial charge >= 0.3 is 0 Å². The average molecular weight is 354 g/mol. The van der Waals surface area contributed by atoms with E-state index >= 15 is 0 Å². The zero-order chi connectivity index (χ0) is 16.0. The molecule has 6 nitrogen and oxygen atoms in total. The first-order valence-electron chi connectivity index (χ1n) is 7.87. The summed E-state index contributed by atoms with van der Waals surface area (Å²) in [7, 11) is 0. The molecule has 2 aromatic rings. The number of likely N-dealkylation sites (tertiary alicyclic amines) is 1. The number of aromatic amines is 1. The summed E-state index contributed by atoms with van der Waals surface area (Å²) in [6.07, 6.45) is 6.39. The summed E-state index contributed by atoms with van der Waals surface area (Å²) in [6.45, 7) is 1.41. The Balaban J connectivity index is 1.48. The Hall–Kier alpha value is -1.53. The molecule has 8 heteroatoms. The summed E-state index contributed by atoms with van der Waals surface area (Å²) in [5, 5.41) is 9.11. The third-order valence-electron chi connectivity index (χ3n) is 4.54. The third-order valence-corrected chi connectivity index (χ3v) is 5.24. The first-order valence-corrected chi connectivity index (χ1v) is 8.62. The fraction of sp³-hybridized carbons (Fsp3) is 0.533. The largest absolute Gasteiger partial charge is 0.340 e. The van der Waals surface area contributed by atoms with Crippen molar-refractivity contribution in [2.24, 2.45) is 0 Å². The topological polar surface area (TPSA) is 66.8 Å². The lowest BCUT2D eigenvalue weighted by Crippen LogP contribution is -2.38. The number of rotatable bonds is 4. The number of nitrogens with one attached hydrogen (secondary N) is 1. The van der Waals surface area contributed by atoms with Crippen molar-refractivity contribution in [2.75, 3.05) is 6.54 Å². The van der Waals surface area contributed by atoms with Crippen molar-refractivity contribution in [1.29, 1.82) is 0 Å². The predicted molar refractivity (Wildman–Crippen MR) is 86.9 cm³/mol. The summed E-state index contributed by atoms with van der Waals surface area (Å²) in [5.41, 5.74) is 1.51. The molecule has 1 amide bonds. The van der Waals surface area contributed by atoms with Crippen LogP contribution in [0.25, 0.3) is 0 Å². The van der Waals surface area contributed by atoms with Gasteiger partial charge in [-0.05, 0) is 31.7 Å². The Morgan fingerprint density at radius 2 is 2.17 bits per heavy atom. The molecule has 1 atom stereocenters. The van der Waals surface area contributed by atoms with Crippen molar-refractivity contribution >= 4 is 29.1 Å². The highest BCUT2D eigenvalue weighted by Gasteiger charge is 2.32. The molecule has 2 aromatic heterocycles. The summed E-state index contributed by atoms with van der Waals surface area (Å²) in [4.78, 5) is 17.4. The molecule has 122 valence electrons. The number of halogens is 2. The highest BCUT2D eigenvalue weighted by molar-refractivity contribution is 6.41. The maximum Gasteiger partial charge on any atom is 0.270 e. The molecule has 0 spiro atoms. The molecule has 2 aliphatic rings. The summed E-state index contributed by atoms with van der Waals surface area (Å²) >= 11 is 11.8. The fourth-order valence-electron chi connectivity index (χ4n) is 3.15. The van der Waals surface area contributed by atoms with Gasteiger partial charge in [0, 0.05) is 18.7 Å². The van der Waals surface area contributed by atoms with Gasteiger partial charge in [0.15, 0.2) is 0 Å². The normalized spacial score (nSPS) is 21.1. The standard InChI is InChI=1S/C15H17Cl2N5O/c16-11-6-12(18-14(11)17)15(23)22-5-1-2-10(22)7-21-8-13(19-20-21)9-3-4-9/h6,8-10,18H,1-5,7H2/t10-/m0/s1. The van der Waals surface area contributed by atoms with Gasteiger partial charge in [0.25, 0.3) is 5.91 Å². The van der Waals surface area contributed by atoms with E-state index < -0.39 is 0 Å². The second kappa shape index (κ2) is 5.83. The van der Waals surface area contributed by atoms with E-state index in [9.17, 15) is 4.79 Å². The molecule has 1 aliphatic heterocycles. The van der Waals surface area contributed by atoms with Gasteiger partial charge in [-0.2, -0.15) is 0 Å². The van der Waals surface area contributed by atoms with E-state index in [1.54, 1.807) is 6.07 Å². The van der Waals surface area contributed by atoms with Gasteiger partial charge in [-0.25, -0.2) is 0 Å². The van der Waals surface area contributed by atoms with E-state index in [0.717, 1.165) is 25.1 Å². The van der Waals surface area contributed by atoms with E-state index in [1.165, 1.54) is 12.8 Å². The van der Waals surface area contributed by atoms with Crippen LogP contribution in [0.4, 0.5) is 0 Å². The second-order valence-electron chi connectivity index (χ2n) is 6.28. The molecule has 1 aliphatic carbocycles. The minimum Gasteiger partial charge on any atom is -0.340 e. The van der Waals surface area contributed by atoms with Crippen LogP contribution in [0.2, 0.25) is 10.2 Å². The smallest absolute Gasteiger partial charge is 0.270 e. The van der Waals surface area contributed by atoms with Crippen LogP contribution in [-0.2, 0) is 6.54 Å². The number of H-pyrrole nitrogens is 1. The van der Waals surface area contributed by atoms with Crippen LogP contribution in [0.5, 0.6) is 0 Å². The molecule has 0 bridgehead atoms. The van der Waals surface area contributed by atoms with Gasteiger partial charge in [0.05, 0.1) is 23.3 Å². The highest BCUT2D eigenvalue weighted by Crippen LogP contribution is 2.38. The zero-order valence-corrected chi connectivity index (χ0v) is 14.0. The molecule has 1 N–H and O–H groups in total. The van der Waals surface area contributed by atoms with Crippen molar-refractivity contribution in [2.45, 2.75) is 44.2 Å². The van der Waals surface area contributed by atoms with Crippen LogP contribution in [-0.4, -0.2) is 43.4 Å². The summed E-state index contributed by atoms with van der Waals surface area (Å²) in [6, 6.07) is 1.71. The third kappa shape index (κ3) is 2.97. The Morgan fingerprint density at radius 3 is 2.87 bits per heavy atom. The minimum atomic E-state index is -0.0659. The van der Waals surface area contributed by atoms with Gasteiger partial charge in [0.2, 0.25) is 0 Å². The number of amides is 1. The molecule has 0 radical (unpaired) electrons. The van der Waals surface area contributed by atoms with Crippen molar-refractivity contribution < 1.29 is 4.79 Å². The lowest BCUT2D eigenvalue weighted by Gasteiger charge is -2.24. The average Bonchev–Trinajstić information content (AvgIpc) is 2.94. The van der Waals surface area contributed by atoms with Gasteiger partial charge in [-0.3, -0.25) is 9.48 Å². The first kappa shape index (κ1) is 15.0. The molecule has 1 saturated heterocycles. The first-order chi connectivity index (χ1) is 11.1. The molecule has 23 heavy (non-hydrogen) atoms. The lowest BCUT2D eigenvalue weighted by atomic mass is 10.2. The molecule has 3 heterocycles. The van der Waals surface area contributed by atoms with Gasteiger partial charge in [0.1, 0.15) is 10.8 Å². The van der Waals surface area contributed by atoms with E-state index in [1.807, 2.05) is 15.8 Å². The second-order valence-corrected chi connectivity index (χ2v) is 7.06. The number of carbonyl (C=O) groups is 1. The van der Waals surface area contributed by atoms with E-state index in [-0.39, 0.29) is 11.9 Å². The number of hydrogen-bond donors (Lipinski definition) is 1. The van der Waals surface area contributed by atoms with Crippen LogP contribution in [0, 0.1) is 0 Å². The maximum atomic E-state index is 12.7. The number of hydrogen-bond acceptors (Lipinski definition) is 3. The summed E-state index contributed by atoms with van der Waals surface area (Å²) < 4.78 is 1.86. The lowest BCUT2D eigenvalue weighted by molar-refractivity contribution is 0.0716. The Bertz CT molecular complexity index is 717. The van der Waals surface area contributed by atoms with Crippen LogP contribution in [0.3, 0.4) is 0 Å². The van der Waals surface area contributed by atoms with Crippen molar-refractivity contribution in [1.82, 2.24) is 24.9 Å². The van der Waals surface area contributed by atoms with Gasteiger partial charge in [-0.1, -0.05) is 28.4 Å². The Labute approximate surface area is 143 Å². The van der Waals surface area contributed by atoms with Crippen molar-refractivity contribution in [3.05, 3.63) is 33.8 Å². The molecular weight excluding hydrogens is 337 g/mol. The Morgan fingerprint density at radius 1 is 1.35 bits per heavy atom. The van der Waals surface area contributed by atoms with Gasteiger partial charge in [-0.15, -0.1) is 5.10 Å². The van der Waals surface area contributed by atoms with Gasteiger partial charge < -0.3 is 9.88 Å². The van der Waals surface area contributed by atoms with E-state index in [4.69, 9.17) is 23.2 Å². The molecule has 1 saturated carbocycles. The highest BCUT2D eigenvalue weighted by atomic mass is 35.5. The molecule has 4 rings (SSSR count). The SMILES string of the molecule is O=C(c1cc(Cl)c(Cl)[nH]1)N1CCC[C@H]1Cn1cc(C2CC2)nn1. The Kier molecular flexibility index (Phi) is 3.81. The van der Waals surface area contributed by atoms with Crippen LogP contribution in [0.15, 0.2) is 12.3 Å². The van der Waals surface area contributed by atoms with Crippen LogP contribution >= 0.6 is 23.2 Å². The fourth-order valence-corrected chi connectivity index (χ4v) is 3.46. The van der Waals surface area contributed by atoms with Crippen molar-refractivity contribution in [3.63, 3.8) is 0 Å². The van der Waals surface area contributed by atoms with Crippen molar-refractivity contribution in [3.8, 4) is 0 Å². The minimum absolute atomic E-state index is 0.0659. The quantitative estimate of drug-likeness (QED) is 0.918. The number of aromatic nitrogens is 4. The predicted octanol–water partition coefficient (Wildman–Crippen LogP) is 3.10. The summed E-state index contributed by atoms with van der Waals surface area (Å²) in [5.74, 6) is 0.525. The zero-order valence-electron chi connectivity index (χ0n) is 12.5. The van der Waals surface area contributed by atoms with Crippen LogP contribution < -0.4 is 0 Å². The van der Waals surface area contributed by atoms with E-state index in [0.29, 0.717) is 28.3 Å². The number of carbonyl (C=O) groups excluding carboxylic acids is 1. The number of nitrogens with zero attached hydrogens (tertiary/aromatic N) is 4. The monoisotopic (exact) mass is 353 g/mol. The molecule has 0 aromatic carbocycles. The maximum absolute atomic E-state index is 12.7. The van der Waals surface area contributed by atoms with E-state index in [2.05, 4.69) is 15.3 Å².